The summed E-state index contributed by atoms with van der Waals surface area (Å²) >= 11 is 0. The van der Waals surface area contributed by atoms with E-state index in [4.69, 9.17) is 9.15 Å². The molecule has 37 heavy (non-hydrogen) atoms. The van der Waals surface area contributed by atoms with Crippen molar-refractivity contribution in [3.8, 4) is 17.2 Å². The fourth-order valence-electron chi connectivity index (χ4n) is 4.77. The molecule has 0 bridgehead atoms. The number of anilines is 1. The number of hydrogen-bond acceptors (Lipinski definition) is 5. The summed E-state index contributed by atoms with van der Waals surface area (Å²) in [6.45, 7) is 5.64. The van der Waals surface area contributed by atoms with E-state index in [1.807, 2.05) is 45.0 Å². The zero-order valence-electron chi connectivity index (χ0n) is 21.2. The number of alkyl halides is 2. The summed E-state index contributed by atoms with van der Waals surface area (Å²) in [4.78, 5) is 14.3. The smallest absolute Gasteiger partial charge is 0.275 e. The van der Waals surface area contributed by atoms with E-state index < -0.39 is 35.0 Å². The second-order valence-electron chi connectivity index (χ2n) is 10.9. The minimum atomic E-state index is -3.37. The Morgan fingerprint density at radius 3 is 2.46 bits per heavy atom. The fourth-order valence-corrected chi connectivity index (χ4v) is 4.77. The predicted octanol–water partition coefficient (Wildman–Crippen LogP) is 6.91. The van der Waals surface area contributed by atoms with Crippen LogP contribution >= 0.6 is 0 Å². The van der Waals surface area contributed by atoms with Crippen molar-refractivity contribution >= 4 is 11.6 Å². The molecule has 1 aliphatic carbocycles. The number of ether oxygens (including phenoxy) is 1. The monoisotopic (exact) mass is 513 g/mol. The van der Waals surface area contributed by atoms with Crippen LogP contribution in [0.1, 0.15) is 76.3 Å². The summed E-state index contributed by atoms with van der Waals surface area (Å²) in [5, 5.41) is 7.93. The number of rotatable bonds is 5. The molecule has 1 saturated carbocycles. The minimum absolute atomic E-state index is 0.0494. The highest BCUT2D eigenvalue weighted by Crippen LogP contribution is 2.45. The molecular formula is C28H30F3N3O3. The van der Waals surface area contributed by atoms with Crippen molar-refractivity contribution in [1.82, 2.24) is 10.2 Å². The molecule has 2 heterocycles. The summed E-state index contributed by atoms with van der Waals surface area (Å²) < 4.78 is 56.9. The van der Waals surface area contributed by atoms with Crippen LogP contribution < -0.4 is 9.64 Å². The lowest BCUT2D eigenvalue weighted by Gasteiger charge is -2.25. The quantitative estimate of drug-likeness (QED) is 0.371. The fraction of sp³-hybridized carbons (Fsp3) is 0.464. The molecule has 6 nitrogen and oxygen atoms in total. The highest BCUT2D eigenvalue weighted by atomic mass is 19.3. The molecule has 9 heteroatoms. The van der Waals surface area contributed by atoms with Gasteiger partial charge in [0.05, 0.1) is 23.9 Å². The summed E-state index contributed by atoms with van der Waals surface area (Å²) in [6, 6.07) is 9.30. The van der Waals surface area contributed by atoms with Gasteiger partial charge in [-0.05, 0) is 55.5 Å². The van der Waals surface area contributed by atoms with Crippen molar-refractivity contribution < 1.29 is 27.1 Å². The highest BCUT2D eigenvalue weighted by Gasteiger charge is 2.41. The topological polar surface area (TPSA) is 68.5 Å². The van der Waals surface area contributed by atoms with Gasteiger partial charge < -0.3 is 14.1 Å². The Bertz CT molecular complexity index is 1290. The van der Waals surface area contributed by atoms with Gasteiger partial charge in [0.15, 0.2) is 0 Å². The number of benzene rings is 2. The molecule has 5 rings (SSSR count). The molecule has 2 aliphatic rings. The SMILES string of the molecule is CC(C)(C)c1nnc(-c2cc3c(cc2F)C(F)(F)CCC(=O)N3Cc2ccc(OC3CCCC3)cc2)o1. The normalized spacial score (nSPS) is 18.1. The van der Waals surface area contributed by atoms with E-state index >= 15 is 13.2 Å². The van der Waals surface area contributed by atoms with Crippen LogP contribution in [0.25, 0.3) is 11.5 Å². The molecule has 2 aromatic carbocycles. The van der Waals surface area contributed by atoms with E-state index in [1.165, 1.54) is 11.0 Å². The molecule has 0 radical (unpaired) electrons. The predicted molar refractivity (Wildman–Crippen MR) is 132 cm³/mol. The van der Waals surface area contributed by atoms with Crippen LogP contribution in [0.2, 0.25) is 0 Å². The first-order chi connectivity index (χ1) is 17.5. The third-order valence-electron chi connectivity index (χ3n) is 6.89. The molecule has 1 fully saturated rings. The molecule has 1 aromatic heterocycles. The number of carbonyl (C=O) groups excluding carboxylic acids is 1. The Kier molecular flexibility index (Phi) is 6.50. The van der Waals surface area contributed by atoms with E-state index in [-0.39, 0.29) is 42.1 Å². The van der Waals surface area contributed by atoms with Crippen LogP contribution in [0.5, 0.6) is 5.75 Å². The molecule has 1 aliphatic heterocycles. The van der Waals surface area contributed by atoms with Gasteiger partial charge in [0, 0.05) is 23.8 Å². The van der Waals surface area contributed by atoms with E-state index in [2.05, 4.69) is 10.2 Å². The van der Waals surface area contributed by atoms with Gasteiger partial charge in [-0.25, -0.2) is 13.2 Å². The maximum Gasteiger partial charge on any atom is 0.275 e. The molecular weight excluding hydrogens is 483 g/mol. The lowest BCUT2D eigenvalue weighted by atomic mass is 9.97. The third kappa shape index (κ3) is 5.22. The molecule has 0 N–H and O–H groups in total. The van der Waals surface area contributed by atoms with Crippen LogP contribution in [-0.4, -0.2) is 22.2 Å². The Hall–Kier alpha value is -3.36. The summed E-state index contributed by atoms with van der Waals surface area (Å²) in [7, 11) is 0. The van der Waals surface area contributed by atoms with Crippen LogP contribution in [0.3, 0.4) is 0 Å². The van der Waals surface area contributed by atoms with Crippen molar-refractivity contribution in [2.45, 2.75) is 83.3 Å². The Labute approximate surface area is 213 Å². The molecule has 1 amide bonds. The van der Waals surface area contributed by atoms with Gasteiger partial charge in [-0.15, -0.1) is 10.2 Å². The van der Waals surface area contributed by atoms with E-state index in [1.54, 1.807) is 0 Å². The Morgan fingerprint density at radius 2 is 1.81 bits per heavy atom. The van der Waals surface area contributed by atoms with Gasteiger partial charge in [-0.3, -0.25) is 4.79 Å². The lowest BCUT2D eigenvalue weighted by molar-refractivity contribution is -0.120. The van der Waals surface area contributed by atoms with Gasteiger partial charge in [0.2, 0.25) is 11.8 Å². The molecule has 0 unspecified atom stereocenters. The number of halogens is 3. The van der Waals surface area contributed by atoms with Gasteiger partial charge in [-0.2, -0.15) is 0 Å². The van der Waals surface area contributed by atoms with E-state index in [0.717, 1.165) is 43.1 Å². The first kappa shape index (κ1) is 25.3. The summed E-state index contributed by atoms with van der Waals surface area (Å²) in [5.74, 6) is -3.86. The molecule has 196 valence electrons. The molecule has 0 spiro atoms. The highest BCUT2D eigenvalue weighted by molar-refractivity contribution is 5.96. The summed E-state index contributed by atoms with van der Waals surface area (Å²) in [5.41, 5.74) is -0.461. The first-order valence-corrected chi connectivity index (χ1v) is 12.6. The van der Waals surface area contributed by atoms with E-state index in [0.29, 0.717) is 0 Å². The zero-order chi connectivity index (χ0) is 26.4. The first-order valence-electron chi connectivity index (χ1n) is 12.6. The van der Waals surface area contributed by atoms with Crippen molar-refractivity contribution in [2.75, 3.05) is 4.90 Å². The number of aromatic nitrogens is 2. The minimum Gasteiger partial charge on any atom is -0.490 e. The van der Waals surface area contributed by atoms with Gasteiger partial charge in [0.1, 0.15) is 11.6 Å². The van der Waals surface area contributed by atoms with Crippen LogP contribution in [0.4, 0.5) is 18.9 Å². The van der Waals surface area contributed by atoms with Gasteiger partial charge >= 0.3 is 0 Å². The molecule has 0 saturated heterocycles. The maximum absolute atomic E-state index is 15.1. The number of fused-ring (bicyclic) bond motifs is 1. The number of carbonyl (C=O) groups is 1. The van der Waals surface area contributed by atoms with Crippen molar-refractivity contribution in [3.05, 3.63) is 59.2 Å². The second kappa shape index (κ2) is 9.50. The average Bonchev–Trinajstić information content (AvgIpc) is 3.53. The zero-order valence-corrected chi connectivity index (χ0v) is 21.2. The van der Waals surface area contributed by atoms with E-state index in [9.17, 15) is 4.79 Å². The summed E-state index contributed by atoms with van der Waals surface area (Å²) in [6.07, 6.45) is 3.54. The van der Waals surface area contributed by atoms with Crippen molar-refractivity contribution in [2.24, 2.45) is 0 Å². The largest absolute Gasteiger partial charge is 0.490 e. The second-order valence-corrected chi connectivity index (χ2v) is 10.9. The Balaban J connectivity index is 1.49. The third-order valence-corrected chi connectivity index (χ3v) is 6.89. The van der Waals surface area contributed by atoms with Crippen LogP contribution in [0.15, 0.2) is 40.8 Å². The molecule has 0 atom stereocenters. The van der Waals surface area contributed by atoms with Crippen molar-refractivity contribution in [3.63, 3.8) is 0 Å². The van der Waals surface area contributed by atoms with Gasteiger partial charge in [-0.1, -0.05) is 32.9 Å². The average molecular weight is 514 g/mol. The van der Waals surface area contributed by atoms with Crippen LogP contribution in [0, 0.1) is 5.82 Å². The standard InChI is InChI=1S/C28H30F3N3O3/c1-27(2,3)26-33-32-25(37-26)20-14-23-21(15-22(20)29)28(30,31)13-12-24(35)34(23)16-17-8-10-19(11-9-17)36-18-6-4-5-7-18/h8-11,14-15,18H,4-7,12-13,16H2,1-3H3. The lowest BCUT2D eigenvalue weighted by Crippen LogP contribution is -2.29. The van der Waals surface area contributed by atoms with Crippen molar-refractivity contribution in [1.29, 1.82) is 0 Å². The maximum atomic E-state index is 15.1. The van der Waals surface area contributed by atoms with Gasteiger partial charge in [0.25, 0.3) is 11.8 Å². The number of amides is 1. The number of hydrogen-bond donors (Lipinski definition) is 0. The number of nitrogens with zero attached hydrogens (tertiary/aromatic N) is 3. The van der Waals surface area contributed by atoms with Crippen LogP contribution in [-0.2, 0) is 22.7 Å². The Morgan fingerprint density at radius 1 is 1.11 bits per heavy atom. The molecule has 3 aromatic rings.